The lowest BCUT2D eigenvalue weighted by Gasteiger charge is -2.09. The van der Waals surface area contributed by atoms with Gasteiger partial charge >= 0.3 is 5.56 Å². The highest BCUT2D eigenvalue weighted by Gasteiger charge is 2.22. The van der Waals surface area contributed by atoms with Crippen molar-refractivity contribution in [2.24, 2.45) is 0 Å². The second-order valence-electron chi connectivity index (χ2n) is 5.52. The van der Waals surface area contributed by atoms with Crippen molar-refractivity contribution in [3.05, 3.63) is 94.5 Å². The van der Waals surface area contributed by atoms with Crippen LogP contribution in [0, 0.1) is 0 Å². The van der Waals surface area contributed by atoms with Gasteiger partial charge in [-0.1, -0.05) is 48.0 Å². The molecular weight excluding hydrogens is 320 g/mol. The lowest BCUT2D eigenvalue weighted by molar-refractivity contribution is -0.596. The summed E-state index contributed by atoms with van der Waals surface area (Å²) in [6.07, 6.45) is 3.74. The third-order valence-electron chi connectivity index (χ3n) is 3.99. The molecule has 0 unspecified atom stereocenters. The number of H-pyrrole nitrogens is 1. The van der Waals surface area contributed by atoms with Crippen molar-refractivity contribution < 1.29 is 4.57 Å². The van der Waals surface area contributed by atoms with E-state index in [0.717, 1.165) is 22.0 Å². The number of rotatable bonds is 2. The number of pyridine rings is 2. The molecule has 4 rings (SSSR count). The fraction of sp³-hybridized carbons (Fsp3) is 0. The third kappa shape index (κ3) is 2.49. The summed E-state index contributed by atoms with van der Waals surface area (Å²) in [5.74, 6) is 0. The smallest absolute Gasteiger partial charge is 0.316 e. The number of hydrogen-bond donors (Lipinski definition) is 1. The Morgan fingerprint density at radius 3 is 2.33 bits per heavy atom. The van der Waals surface area contributed by atoms with Gasteiger partial charge in [-0.3, -0.25) is 4.79 Å². The summed E-state index contributed by atoms with van der Waals surface area (Å²) in [4.78, 5) is 15.8. The first-order valence-corrected chi connectivity index (χ1v) is 7.99. The maximum Gasteiger partial charge on any atom is 0.321 e. The molecule has 4 heteroatoms. The summed E-state index contributed by atoms with van der Waals surface area (Å²) in [5.41, 5.74) is 3.05. The summed E-state index contributed by atoms with van der Waals surface area (Å²) in [7, 11) is 0. The SMILES string of the molecule is O=c1[nH]c2ccc(Cl)cc2c(-c2ccccc2)c1-[n+]1ccccc1. The molecule has 3 nitrogen and oxygen atoms in total. The predicted molar refractivity (Wildman–Crippen MR) is 96.5 cm³/mol. The van der Waals surface area contributed by atoms with E-state index in [2.05, 4.69) is 4.98 Å². The number of halogens is 1. The quantitative estimate of drug-likeness (QED) is 0.550. The summed E-state index contributed by atoms with van der Waals surface area (Å²) < 4.78 is 1.83. The fourth-order valence-corrected chi connectivity index (χ4v) is 3.12. The van der Waals surface area contributed by atoms with Gasteiger partial charge < -0.3 is 4.98 Å². The molecule has 0 spiro atoms. The average molecular weight is 334 g/mol. The molecule has 1 N–H and O–H groups in total. The molecule has 0 fully saturated rings. The molecule has 2 heterocycles. The van der Waals surface area contributed by atoms with Gasteiger partial charge in [-0.15, -0.1) is 0 Å². The monoisotopic (exact) mass is 333 g/mol. The second-order valence-corrected chi connectivity index (χ2v) is 5.95. The Labute approximate surface area is 143 Å². The Hall–Kier alpha value is -2.91. The molecule has 0 saturated carbocycles. The molecule has 0 atom stereocenters. The van der Waals surface area contributed by atoms with Gasteiger partial charge in [-0.25, -0.2) is 0 Å². The van der Waals surface area contributed by atoms with Gasteiger partial charge in [0.25, 0.3) is 5.69 Å². The maximum absolute atomic E-state index is 12.8. The number of aromatic amines is 1. The highest BCUT2D eigenvalue weighted by atomic mass is 35.5. The van der Waals surface area contributed by atoms with Crippen LogP contribution in [0.2, 0.25) is 5.02 Å². The Morgan fingerprint density at radius 2 is 1.58 bits per heavy atom. The Kier molecular flexibility index (Phi) is 3.63. The van der Waals surface area contributed by atoms with E-state index in [-0.39, 0.29) is 5.56 Å². The van der Waals surface area contributed by atoms with E-state index in [1.54, 1.807) is 6.07 Å². The van der Waals surface area contributed by atoms with Crippen molar-refractivity contribution in [1.29, 1.82) is 0 Å². The van der Waals surface area contributed by atoms with Crippen LogP contribution in [-0.2, 0) is 0 Å². The second kappa shape index (κ2) is 5.95. The molecule has 116 valence electrons. The van der Waals surface area contributed by atoms with Gasteiger partial charge in [0, 0.05) is 28.1 Å². The van der Waals surface area contributed by atoms with Crippen LogP contribution in [0.5, 0.6) is 0 Å². The van der Waals surface area contributed by atoms with E-state index in [0.29, 0.717) is 10.7 Å². The van der Waals surface area contributed by atoms with Crippen LogP contribution in [0.3, 0.4) is 0 Å². The average Bonchev–Trinajstić information content (AvgIpc) is 2.62. The largest absolute Gasteiger partial charge is 0.321 e. The molecule has 0 radical (unpaired) electrons. The van der Waals surface area contributed by atoms with Crippen molar-refractivity contribution in [2.75, 3.05) is 0 Å². The molecule has 0 bridgehead atoms. The van der Waals surface area contributed by atoms with Gasteiger partial charge in [0.15, 0.2) is 12.4 Å². The van der Waals surface area contributed by atoms with Crippen molar-refractivity contribution in [1.82, 2.24) is 4.98 Å². The minimum Gasteiger partial charge on any atom is -0.316 e. The Bertz CT molecular complexity index is 1070. The van der Waals surface area contributed by atoms with Gasteiger partial charge in [0.05, 0.1) is 5.56 Å². The normalized spacial score (nSPS) is 10.9. The van der Waals surface area contributed by atoms with Crippen LogP contribution in [-0.4, -0.2) is 4.98 Å². The molecule has 0 amide bonds. The molecular formula is C20H14ClN2O+. The first-order valence-electron chi connectivity index (χ1n) is 7.62. The summed E-state index contributed by atoms with van der Waals surface area (Å²) in [6, 6.07) is 21.1. The zero-order valence-corrected chi connectivity index (χ0v) is 13.5. The minimum atomic E-state index is -0.139. The topological polar surface area (TPSA) is 36.7 Å². The molecule has 4 aromatic rings. The van der Waals surface area contributed by atoms with Gasteiger partial charge in [0.1, 0.15) is 0 Å². The predicted octanol–water partition coefficient (Wildman–Crippen LogP) is 4.13. The summed E-state index contributed by atoms with van der Waals surface area (Å²) in [6.45, 7) is 0. The molecule has 24 heavy (non-hydrogen) atoms. The van der Waals surface area contributed by atoms with E-state index in [4.69, 9.17) is 11.6 Å². The summed E-state index contributed by atoms with van der Waals surface area (Å²) >= 11 is 6.22. The van der Waals surface area contributed by atoms with E-state index in [9.17, 15) is 4.79 Å². The number of fused-ring (bicyclic) bond motifs is 1. The third-order valence-corrected chi connectivity index (χ3v) is 4.22. The van der Waals surface area contributed by atoms with Crippen molar-refractivity contribution in [2.45, 2.75) is 0 Å². The maximum atomic E-state index is 12.8. The first kappa shape index (κ1) is 14.7. The van der Waals surface area contributed by atoms with Crippen molar-refractivity contribution in [3.63, 3.8) is 0 Å². The number of benzene rings is 2. The van der Waals surface area contributed by atoms with E-state index < -0.39 is 0 Å². The van der Waals surface area contributed by atoms with Gasteiger partial charge in [0.2, 0.25) is 0 Å². The molecule has 0 aliphatic rings. The Morgan fingerprint density at radius 1 is 0.875 bits per heavy atom. The standard InChI is InChI=1S/C20H13ClN2O/c21-15-9-10-17-16(13-15)18(14-7-3-1-4-8-14)19(20(24)22-17)23-11-5-2-6-12-23/h1-13H/p+1. The van der Waals surface area contributed by atoms with Gasteiger partial charge in [-0.05, 0) is 23.8 Å². The fourth-order valence-electron chi connectivity index (χ4n) is 2.95. The van der Waals surface area contributed by atoms with Crippen LogP contribution in [0.25, 0.3) is 27.7 Å². The highest BCUT2D eigenvalue weighted by Crippen LogP contribution is 2.31. The number of hydrogen-bond acceptors (Lipinski definition) is 1. The van der Waals surface area contributed by atoms with Crippen LogP contribution >= 0.6 is 11.6 Å². The van der Waals surface area contributed by atoms with Crippen LogP contribution in [0.1, 0.15) is 0 Å². The molecule has 2 aromatic heterocycles. The molecule has 0 aliphatic heterocycles. The van der Waals surface area contributed by atoms with E-state index in [1.165, 1.54) is 0 Å². The lowest BCUT2D eigenvalue weighted by atomic mass is 9.99. The van der Waals surface area contributed by atoms with Crippen LogP contribution in [0.4, 0.5) is 0 Å². The number of nitrogens with zero attached hydrogens (tertiary/aromatic N) is 1. The van der Waals surface area contributed by atoms with Crippen molar-refractivity contribution in [3.8, 4) is 16.8 Å². The Balaban J connectivity index is 2.19. The van der Waals surface area contributed by atoms with Crippen molar-refractivity contribution >= 4 is 22.5 Å². The minimum absolute atomic E-state index is 0.139. The zero-order valence-electron chi connectivity index (χ0n) is 12.7. The lowest BCUT2D eigenvalue weighted by Crippen LogP contribution is -2.37. The zero-order chi connectivity index (χ0) is 16.5. The summed E-state index contributed by atoms with van der Waals surface area (Å²) in [5, 5.41) is 1.55. The van der Waals surface area contributed by atoms with Crippen LogP contribution < -0.4 is 10.1 Å². The molecule has 2 aromatic carbocycles. The molecule has 0 saturated heterocycles. The van der Waals surface area contributed by atoms with E-state index in [1.807, 2.05) is 77.6 Å². The first-order chi connectivity index (χ1) is 11.7. The highest BCUT2D eigenvalue weighted by molar-refractivity contribution is 6.31. The van der Waals surface area contributed by atoms with Crippen LogP contribution in [0.15, 0.2) is 83.9 Å². The number of nitrogens with one attached hydrogen (secondary N) is 1. The number of aromatic nitrogens is 2. The van der Waals surface area contributed by atoms with E-state index >= 15 is 0 Å². The van der Waals surface area contributed by atoms with Gasteiger partial charge in [-0.2, -0.15) is 4.57 Å². The molecule has 0 aliphatic carbocycles.